The van der Waals surface area contributed by atoms with Gasteiger partial charge in [0.25, 0.3) is 0 Å². The Hall–Kier alpha value is -2.42. The molecule has 8 heteroatoms. The number of sulfonamides is 1. The summed E-state index contributed by atoms with van der Waals surface area (Å²) in [7, 11) is -3.68. The van der Waals surface area contributed by atoms with Crippen molar-refractivity contribution >= 4 is 27.3 Å². The second kappa shape index (κ2) is 8.94. The summed E-state index contributed by atoms with van der Waals surface area (Å²) in [4.78, 5) is 16.9. The molecule has 0 unspecified atom stereocenters. The number of nitrogens with one attached hydrogen (secondary N) is 1. The SMILES string of the molecule is CC(C)c1ccccc1NC(=O)CN1CCN(c2ccc(S(N)(=O)=O)cc2)CC1. The molecule has 0 bridgehead atoms. The number of anilines is 2. The van der Waals surface area contributed by atoms with Crippen LogP contribution < -0.4 is 15.4 Å². The number of hydrogen-bond donors (Lipinski definition) is 2. The van der Waals surface area contributed by atoms with Crippen molar-refractivity contribution in [1.82, 2.24) is 4.90 Å². The van der Waals surface area contributed by atoms with Gasteiger partial charge in [-0.15, -0.1) is 0 Å². The minimum atomic E-state index is -3.68. The zero-order valence-electron chi connectivity index (χ0n) is 16.8. The molecule has 7 nitrogen and oxygen atoms in total. The summed E-state index contributed by atoms with van der Waals surface area (Å²) in [5.74, 6) is 0.333. The van der Waals surface area contributed by atoms with Crippen molar-refractivity contribution in [3.05, 3.63) is 54.1 Å². The van der Waals surface area contributed by atoms with Crippen LogP contribution >= 0.6 is 0 Å². The van der Waals surface area contributed by atoms with Gasteiger partial charge in [-0.2, -0.15) is 0 Å². The predicted molar refractivity (Wildman–Crippen MR) is 116 cm³/mol. The Kier molecular flexibility index (Phi) is 6.56. The third-order valence-electron chi connectivity index (χ3n) is 5.13. The van der Waals surface area contributed by atoms with Crippen LogP contribution in [0.2, 0.25) is 0 Å². The van der Waals surface area contributed by atoms with Crippen LogP contribution in [0.4, 0.5) is 11.4 Å². The van der Waals surface area contributed by atoms with Crippen LogP contribution in [0.1, 0.15) is 25.3 Å². The van der Waals surface area contributed by atoms with E-state index in [1.165, 1.54) is 12.1 Å². The van der Waals surface area contributed by atoms with Crippen LogP contribution in [-0.4, -0.2) is 51.9 Å². The number of carbonyl (C=O) groups is 1. The average molecular weight is 417 g/mol. The summed E-state index contributed by atoms with van der Waals surface area (Å²) in [5.41, 5.74) is 2.96. The number of carbonyl (C=O) groups excluding carboxylic acids is 1. The highest BCUT2D eigenvalue weighted by atomic mass is 32.2. The number of nitrogens with two attached hydrogens (primary N) is 1. The van der Waals surface area contributed by atoms with E-state index in [0.717, 1.165) is 43.1 Å². The number of piperazine rings is 1. The molecule has 0 radical (unpaired) electrons. The molecule has 3 N–H and O–H groups in total. The van der Waals surface area contributed by atoms with Gasteiger partial charge in [-0.1, -0.05) is 32.0 Å². The zero-order valence-corrected chi connectivity index (χ0v) is 17.7. The Bertz CT molecular complexity index is 950. The van der Waals surface area contributed by atoms with Gasteiger partial charge in [0.15, 0.2) is 0 Å². The first-order valence-corrected chi connectivity index (χ1v) is 11.3. The van der Waals surface area contributed by atoms with Crippen molar-refractivity contribution in [3.63, 3.8) is 0 Å². The van der Waals surface area contributed by atoms with E-state index in [1.807, 2.05) is 24.3 Å². The number of amides is 1. The second-order valence-corrected chi connectivity index (χ2v) is 9.15. The molecule has 2 aromatic rings. The van der Waals surface area contributed by atoms with Gasteiger partial charge in [0.05, 0.1) is 11.4 Å². The topological polar surface area (TPSA) is 95.7 Å². The predicted octanol–water partition coefficient (Wildman–Crippen LogP) is 2.22. The first kappa shape index (κ1) is 21.3. The van der Waals surface area contributed by atoms with Gasteiger partial charge in [0.2, 0.25) is 15.9 Å². The first-order valence-electron chi connectivity index (χ1n) is 9.73. The quantitative estimate of drug-likeness (QED) is 0.753. The van der Waals surface area contributed by atoms with E-state index < -0.39 is 10.0 Å². The minimum absolute atomic E-state index is 0.0101. The van der Waals surface area contributed by atoms with E-state index in [0.29, 0.717) is 12.5 Å². The molecular weight excluding hydrogens is 388 g/mol. The third kappa shape index (κ3) is 5.56. The molecule has 1 aliphatic heterocycles. The Morgan fingerprint density at radius 2 is 1.66 bits per heavy atom. The van der Waals surface area contributed by atoms with Crippen LogP contribution in [0.5, 0.6) is 0 Å². The first-order chi connectivity index (χ1) is 13.7. The van der Waals surface area contributed by atoms with E-state index in [1.54, 1.807) is 12.1 Å². The molecule has 1 fully saturated rings. The molecule has 1 heterocycles. The average Bonchev–Trinajstić information content (AvgIpc) is 2.68. The van der Waals surface area contributed by atoms with Gasteiger partial charge in [0.1, 0.15) is 0 Å². The summed E-state index contributed by atoms with van der Waals surface area (Å²) >= 11 is 0. The summed E-state index contributed by atoms with van der Waals surface area (Å²) in [5, 5.41) is 8.18. The molecule has 1 amide bonds. The highest BCUT2D eigenvalue weighted by molar-refractivity contribution is 7.89. The Balaban J connectivity index is 1.53. The number of para-hydroxylation sites is 1. The smallest absolute Gasteiger partial charge is 0.238 e. The number of rotatable bonds is 6. The molecule has 0 saturated carbocycles. The van der Waals surface area contributed by atoms with Gasteiger partial charge < -0.3 is 10.2 Å². The fourth-order valence-corrected chi connectivity index (χ4v) is 4.03. The lowest BCUT2D eigenvalue weighted by Gasteiger charge is -2.35. The molecular formula is C21H28N4O3S. The van der Waals surface area contributed by atoms with Crippen LogP contribution in [0, 0.1) is 0 Å². The molecule has 2 aromatic carbocycles. The summed E-state index contributed by atoms with van der Waals surface area (Å²) < 4.78 is 22.7. The summed E-state index contributed by atoms with van der Waals surface area (Å²) in [6.07, 6.45) is 0. The molecule has 1 aliphatic rings. The van der Waals surface area contributed by atoms with E-state index in [4.69, 9.17) is 5.14 Å². The third-order valence-corrected chi connectivity index (χ3v) is 6.06. The number of benzene rings is 2. The lowest BCUT2D eigenvalue weighted by molar-refractivity contribution is -0.117. The number of primary sulfonamides is 1. The summed E-state index contributed by atoms with van der Waals surface area (Å²) in [6, 6.07) is 14.5. The maximum Gasteiger partial charge on any atom is 0.238 e. The van der Waals surface area contributed by atoms with Crippen molar-refractivity contribution in [3.8, 4) is 0 Å². The fraction of sp³-hybridized carbons (Fsp3) is 0.381. The normalized spacial score (nSPS) is 15.5. The Labute approximate surface area is 172 Å². The van der Waals surface area contributed by atoms with Crippen molar-refractivity contribution in [2.45, 2.75) is 24.7 Å². The lowest BCUT2D eigenvalue weighted by Crippen LogP contribution is -2.48. The highest BCUT2D eigenvalue weighted by Gasteiger charge is 2.20. The fourth-order valence-electron chi connectivity index (χ4n) is 3.52. The largest absolute Gasteiger partial charge is 0.369 e. The van der Waals surface area contributed by atoms with Crippen molar-refractivity contribution in [2.75, 3.05) is 42.9 Å². The number of hydrogen-bond acceptors (Lipinski definition) is 5. The molecule has 0 aliphatic carbocycles. The van der Waals surface area contributed by atoms with E-state index in [9.17, 15) is 13.2 Å². The van der Waals surface area contributed by atoms with Crippen LogP contribution in [0.3, 0.4) is 0 Å². The van der Waals surface area contributed by atoms with Gasteiger partial charge in [0, 0.05) is 37.6 Å². The van der Waals surface area contributed by atoms with Gasteiger partial charge >= 0.3 is 0 Å². The minimum Gasteiger partial charge on any atom is -0.369 e. The highest BCUT2D eigenvalue weighted by Crippen LogP contribution is 2.24. The molecule has 156 valence electrons. The van der Waals surface area contributed by atoms with Crippen LogP contribution in [0.15, 0.2) is 53.4 Å². The maximum absolute atomic E-state index is 12.5. The molecule has 3 rings (SSSR count). The number of nitrogens with zero attached hydrogens (tertiary/aromatic N) is 2. The van der Waals surface area contributed by atoms with Gasteiger partial charge in [-0.3, -0.25) is 9.69 Å². The monoisotopic (exact) mass is 416 g/mol. The van der Waals surface area contributed by atoms with E-state index in [2.05, 4.69) is 29.0 Å². The Morgan fingerprint density at radius 3 is 2.24 bits per heavy atom. The maximum atomic E-state index is 12.5. The molecule has 0 atom stereocenters. The van der Waals surface area contributed by atoms with Crippen molar-refractivity contribution in [1.29, 1.82) is 0 Å². The standard InChI is InChI=1S/C21H28N4O3S/c1-16(2)19-5-3-4-6-20(19)23-21(26)15-24-11-13-25(14-12-24)17-7-9-18(10-8-17)29(22,27)28/h3-10,16H,11-15H2,1-2H3,(H,23,26)(H2,22,27,28). The van der Waals surface area contributed by atoms with Crippen LogP contribution in [-0.2, 0) is 14.8 Å². The second-order valence-electron chi connectivity index (χ2n) is 7.59. The van der Waals surface area contributed by atoms with Gasteiger partial charge in [-0.05, 0) is 41.8 Å². The van der Waals surface area contributed by atoms with Gasteiger partial charge in [-0.25, -0.2) is 13.6 Å². The molecule has 29 heavy (non-hydrogen) atoms. The molecule has 1 saturated heterocycles. The lowest BCUT2D eigenvalue weighted by atomic mass is 10.0. The molecule has 0 spiro atoms. The van der Waals surface area contributed by atoms with Crippen molar-refractivity contribution < 1.29 is 13.2 Å². The van der Waals surface area contributed by atoms with Crippen LogP contribution in [0.25, 0.3) is 0 Å². The Morgan fingerprint density at radius 1 is 1.03 bits per heavy atom. The zero-order chi connectivity index (χ0) is 21.0. The summed E-state index contributed by atoms with van der Waals surface area (Å²) in [6.45, 7) is 7.63. The molecule has 0 aromatic heterocycles. The van der Waals surface area contributed by atoms with E-state index >= 15 is 0 Å². The van der Waals surface area contributed by atoms with Crippen molar-refractivity contribution in [2.24, 2.45) is 5.14 Å². The van der Waals surface area contributed by atoms with E-state index in [-0.39, 0.29) is 10.8 Å².